The van der Waals surface area contributed by atoms with Crippen LogP contribution in [0.1, 0.15) is 22.3 Å². The zero-order valence-corrected chi connectivity index (χ0v) is 35.6. The van der Waals surface area contributed by atoms with Crippen LogP contribution in [0.5, 0.6) is 11.5 Å². The smallest absolute Gasteiger partial charge is 0.159 e. The molecule has 0 atom stereocenters. The predicted molar refractivity (Wildman–Crippen MR) is 268 cm³/mol. The average Bonchev–Trinajstić information content (AvgIpc) is 4.05. The highest BCUT2D eigenvalue weighted by Gasteiger charge is 2.51. The van der Waals surface area contributed by atoms with Gasteiger partial charge < -0.3 is 23.4 Å². The number of anilines is 6. The van der Waals surface area contributed by atoms with E-state index in [1.165, 1.54) is 22.3 Å². The fraction of sp³-hybridized carbons (Fsp3) is 0.0164. The first-order valence-electron chi connectivity index (χ1n) is 22.4. The zero-order chi connectivity index (χ0) is 43.3. The van der Waals surface area contributed by atoms with Crippen molar-refractivity contribution in [1.29, 1.82) is 0 Å². The largest absolute Gasteiger partial charge is 0.457 e. The molecule has 14 rings (SSSR count). The Labute approximate surface area is 380 Å². The summed E-state index contributed by atoms with van der Waals surface area (Å²) in [6.45, 7) is 0. The molecule has 3 heterocycles. The van der Waals surface area contributed by atoms with E-state index in [-0.39, 0.29) is 0 Å². The maximum absolute atomic E-state index is 6.94. The fourth-order valence-corrected chi connectivity index (χ4v) is 11.0. The van der Waals surface area contributed by atoms with Gasteiger partial charge in [0.25, 0.3) is 0 Å². The lowest BCUT2D eigenvalue weighted by atomic mass is 9.66. The van der Waals surface area contributed by atoms with E-state index in [0.717, 1.165) is 101 Å². The summed E-state index contributed by atoms with van der Waals surface area (Å²) in [4.78, 5) is 4.66. The van der Waals surface area contributed by atoms with Crippen LogP contribution in [-0.4, -0.2) is 0 Å². The number of rotatable bonds is 6. The van der Waals surface area contributed by atoms with Crippen LogP contribution in [0.3, 0.4) is 0 Å². The Hall–Kier alpha value is -8.80. The Morgan fingerprint density at radius 1 is 0.303 bits per heavy atom. The molecule has 5 nitrogen and oxygen atoms in total. The molecule has 0 radical (unpaired) electrons. The third kappa shape index (κ3) is 5.16. The summed E-state index contributed by atoms with van der Waals surface area (Å²) in [7, 11) is 0. The van der Waals surface area contributed by atoms with Gasteiger partial charge in [-0.3, -0.25) is 0 Å². The van der Waals surface area contributed by atoms with Crippen molar-refractivity contribution in [2.24, 2.45) is 0 Å². The predicted octanol–water partition coefficient (Wildman–Crippen LogP) is 16.9. The Balaban J connectivity index is 1.10. The summed E-state index contributed by atoms with van der Waals surface area (Å²) in [5.41, 5.74) is 15.5. The standard InChI is InChI=1S/C61H38N2O3/c1-3-18-39(19-4-1)62(40-20-5-2-6-21-40)54-38-42(36-48-46-25-10-15-32-56(46)66-60(48)54)63(53-30-17-26-47-45-24-9-14-31-55(45)65-59(47)53)41-34-35-58-52(37-41)61(51-29-13-16-33-57(51)64-58)49-27-11-7-22-43(49)44-23-8-12-28-50(44)61/h1-38H. The van der Waals surface area contributed by atoms with Gasteiger partial charge in [0.1, 0.15) is 22.7 Å². The van der Waals surface area contributed by atoms with E-state index in [1.807, 2.05) is 12.1 Å². The summed E-state index contributed by atoms with van der Waals surface area (Å²) in [6.07, 6.45) is 0. The van der Waals surface area contributed by atoms with Crippen LogP contribution in [0.15, 0.2) is 239 Å². The van der Waals surface area contributed by atoms with E-state index >= 15 is 0 Å². The van der Waals surface area contributed by atoms with Crippen molar-refractivity contribution in [2.45, 2.75) is 5.41 Å². The molecule has 310 valence electrons. The molecule has 0 saturated carbocycles. The molecule has 1 aliphatic heterocycles. The van der Waals surface area contributed by atoms with E-state index in [4.69, 9.17) is 13.6 Å². The second kappa shape index (κ2) is 14.1. The van der Waals surface area contributed by atoms with Crippen LogP contribution in [0.4, 0.5) is 34.1 Å². The van der Waals surface area contributed by atoms with Gasteiger partial charge in [-0.1, -0.05) is 152 Å². The molecule has 0 bridgehead atoms. The molecule has 2 aliphatic rings. The molecule has 12 aromatic rings. The maximum atomic E-state index is 6.94. The molecule has 2 aromatic heterocycles. The van der Waals surface area contributed by atoms with Crippen molar-refractivity contribution < 1.29 is 13.6 Å². The highest BCUT2D eigenvalue weighted by atomic mass is 16.5. The number of hydrogen-bond acceptors (Lipinski definition) is 5. The molecule has 10 aromatic carbocycles. The van der Waals surface area contributed by atoms with Gasteiger partial charge in [0.05, 0.1) is 16.8 Å². The van der Waals surface area contributed by atoms with Gasteiger partial charge in [-0.15, -0.1) is 0 Å². The Bertz CT molecular complexity index is 3800. The van der Waals surface area contributed by atoms with Crippen molar-refractivity contribution in [3.63, 3.8) is 0 Å². The van der Waals surface area contributed by atoms with Crippen LogP contribution >= 0.6 is 0 Å². The van der Waals surface area contributed by atoms with E-state index in [0.29, 0.717) is 0 Å². The van der Waals surface area contributed by atoms with Crippen LogP contribution in [0.25, 0.3) is 55.0 Å². The second-order valence-corrected chi connectivity index (χ2v) is 17.2. The Kier molecular flexibility index (Phi) is 7.83. The van der Waals surface area contributed by atoms with Crippen molar-refractivity contribution in [3.8, 4) is 22.6 Å². The minimum Gasteiger partial charge on any atom is -0.457 e. The SMILES string of the molecule is c1ccc(N(c2ccccc2)c2cc(N(c3ccc4c(c3)C3(c5ccccc5O4)c4ccccc4-c4ccccc43)c3cccc4c3oc3ccccc34)cc3c2oc2ccccc23)cc1. The number of benzene rings is 10. The van der Waals surface area contributed by atoms with Crippen LogP contribution in [0.2, 0.25) is 0 Å². The Morgan fingerprint density at radius 3 is 1.50 bits per heavy atom. The van der Waals surface area contributed by atoms with Crippen molar-refractivity contribution >= 4 is 78.0 Å². The van der Waals surface area contributed by atoms with Gasteiger partial charge in [0.2, 0.25) is 0 Å². The van der Waals surface area contributed by atoms with Gasteiger partial charge >= 0.3 is 0 Å². The molecule has 1 aliphatic carbocycles. The number of fused-ring (bicyclic) bond motifs is 15. The highest BCUT2D eigenvalue weighted by molar-refractivity contribution is 6.14. The number of ether oxygens (including phenoxy) is 1. The Morgan fingerprint density at radius 2 is 0.818 bits per heavy atom. The van der Waals surface area contributed by atoms with Gasteiger partial charge in [-0.2, -0.15) is 0 Å². The molecule has 0 unspecified atom stereocenters. The molecule has 0 N–H and O–H groups in total. The fourth-order valence-electron chi connectivity index (χ4n) is 11.0. The van der Waals surface area contributed by atoms with Crippen molar-refractivity contribution in [3.05, 3.63) is 253 Å². The van der Waals surface area contributed by atoms with E-state index in [1.54, 1.807) is 0 Å². The minimum atomic E-state index is -0.655. The summed E-state index contributed by atoms with van der Waals surface area (Å²) in [5, 5.41) is 4.15. The van der Waals surface area contributed by atoms with Crippen molar-refractivity contribution in [2.75, 3.05) is 9.80 Å². The normalized spacial score (nSPS) is 13.1. The van der Waals surface area contributed by atoms with E-state index < -0.39 is 5.41 Å². The third-order valence-electron chi connectivity index (χ3n) is 13.7. The molecule has 0 amide bonds. The molecule has 5 heteroatoms. The molecule has 66 heavy (non-hydrogen) atoms. The number of nitrogens with zero attached hydrogens (tertiary/aromatic N) is 2. The third-order valence-corrected chi connectivity index (χ3v) is 13.7. The quantitative estimate of drug-likeness (QED) is 0.167. The van der Waals surface area contributed by atoms with Crippen LogP contribution in [-0.2, 0) is 5.41 Å². The number of hydrogen-bond donors (Lipinski definition) is 0. The zero-order valence-electron chi connectivity index (χ0n) is 35.6. The monoisotopic (exact) mass is 846 g/mol. The molecule has 1 spiro atoms. The average molecular weight is 847 g/mol. The summed E-state index contributed by atoms with van der Waals surface area (Å²) >= 11 is 0. The first-order valence-corrected chi connectivity index (χ1v) is 22.4. The van der Waals surface area contributed by atoms with Crippen LogP contribution < -0.4 is 14.5 Å². The first-order chi connectivity index (χ1) is 32.7. The maximum Gasteiger partial charge on any atom is 0.159 e. The number of para-hydroxylation sites is 6. The van der Waals surface area contributed by atoms with E-state index in [9.17, 15) is 0 Å². The molecular weight excluding hydrogens is 809 g/mol. The van der Waals surface area contributed by atoms with Gasteiger partial charge in [0.15, 0.2) is 11.2 Å². The minimum absolute atomic E-state index is 0.655. The van der Waals surface area contributed by atoms with Crippen molar-refractivity contribution in [1.82, 2.24) is 0 Å². The second-order valence-electron chi connectivity index (χ2n) is 17.2. The lowest BCUT2D eigenvalue weighted by Crippen LogP contribution is -2.32. The molecule has 0 fully saturated rings. The van der Waals surface area contributed by atoms with Crippen LogP contribution in [0, 0.1) is 0 Å². The lowest BCUT2D eigenvalue weighted by molar-refractivity contribution is 0.436. The molecule has 0 saturated heterocycles. The van der Waals surface area contributed by atoms with E-state index in [2.05, 4.69) is 228 Å². The summed E-state index contributed by atoms with van der Waals surface area (Å²) < 4.78 is 20.8. The summed E-state index contributed by atoms with van der Waals surface area (Å²) in [6, 6.07) is 81.7. The van der Waals surface area contributed by atoms with Gasteiger partial charge in [0, 0.05) is 55.4 Å². The van der Waals surface area contributed by atoms with Gasteiger partial charge in [-0.05, 0) is 101 Å². The number of furan rings is 2. The highest BCUT2D eigenvalue weighted by Crippen LogP contribution is 2.63. The molecular formula is C61H38N2O3. The lowest BCUT2D eigenvalue weighted by Gasteiger charge is -2.40. The van der Waals surface area contributed by atoms with Gasteiger partial charge in [-0.25, -0.2) is 0 Å². The first kappa shape index (κ1) is 36.7. The summed E-state index contributed by atoms with van der Waals surface area (Å²) in [5.74, 6) is 1.68. The topological polar surface area (TPSA) is 42.0 Å².